The summed E-state index contributed by atoms with van der Waals surface area (Å²) in [6.45, 7) is 2.95. The molecule has 1 heterocycles. The van der Waals surface area contributed by atoms with Gasteiger partial charge in [-0.3, -0.25) is 9.59 Å². The van der Waals surface area contributed by atoms with Crippen molar-refractivity contribution in [3.8, 4) is 0 Å². The number of carbonyl (C=O) groups excluding carboxylic acids is 3. The molecule has 1 aromatic carbocycles. The van der Waals surface area contributed by atoms with E-state index in [0.717, 1.165) is 0 Å². The molecule has 0 aromatic heterocycles. The molecule has 6 heteroatoms. The maximum Gasteiger partial charge on any atom is 0.357 e. The molecule has 0 amide bonds. The molecule has 0 N–H and O–H groups in total. The molecule has 1 fully saturated rings. The zero-order chi connectivity index (χ0) is 17.4. The minimum atomic E-state index is -0.699. The highest BCUT2D eigenvalue weighted by atomic mass is 16.7. The third kappa shape index (κ3) is 5.16. The average molecular weight is 333 g/mol. The van der Waals surface area contributed by atoms with Crippen LogP contribution in [0.15, 0.2) is 30.3 Å². The summed E-state index contributed by atoms with van der Waals surface area (Å²) in [5.41, 5.74) is 0.484. The predicted molar refractivity (Wildman–Crippen MR) is 87.0 cm³/mol. The van der Waals surface area contributed by atoms with Gasteiger partial charge in [0.25, 0.3) is 0 Å². The fourth-order valence-corrected chi connectivity index (χ4v) is 2.68. The third-order valence-corrected chi connectivity index (χ3v) is 3.91. The van der Waals surface area contributed by atoms with E-state index in [1.54, 1.807) is 36.3 Å². The Morgan fingerprint density at radius 2 is 1.88 bits per heavy atom. The lowest BCUT2D eigenvalue weighted by atomic mass is 9.96. The van der Waals surface area contributed by atoms with Crippen molar-refractivity contribution in [1.29, 1.82) is 0 Å². The van der Waals surface area contributed by atoms with Gasteiger partial charge in [-0.1, -0.05) is 18.2 Å². The van der Waals surface area contributed by atoms with Crippen LogP contribution in [0, 0.1) is 5.92 Å². The highest BCUT2D eigenvalue weighted by Crippen LogP contribution is 2.17. The summed E-state index contributed by atoms with van der Waals surface area (Å²) in [4.78, 5) is 41.6. The Kier molecular flexibility index (Phi) is 6.93. The number of carbonyl (C=O) groups is 3. The first-order valence-electron chi connectivity index (χ1n) is 8.33. The second kappa shape index (κ2) is 9.17. The summed E-state index contributed by atoms with van der Waals surface area (Å²) in [6, 6.07) is 8.77. The second-order valence-corrected chi connectivity index (χ2v) is 5.69. The predicted octanol–water partition coefficient (Wildman–Crippen LogP) is 2.38. The lowest BCUT2D eigenvalue weighted by Gasteiger charge is -2.20. The van der Waals surface area contributed by atoms with Crippen LogP contribution in [0.5, 0.6) is 0 Å². The van der Waals surface area contributed by atoms with E-state index >= 15 is 0 Å². The number of nitrogens with zero attached hydrogens (tertiary/aromatic N) is 1. The molecule has 1 aliphatic rings. The maximum atomic E-state index is 12.2. The SMILES string of the molecule is CCOC(=O)C1CCCN(OC(=O)c2ccccc2)CCCC1=O. The van der Waals surface area contributed by atoms with Gasteiger partial charge in [-0.25, -0.2) is 4.79 Å². The quantitative estimate of drug-likeness (QED) is 0.622. The van der Waals surface area contributed by atoms with E-state index < -0.39 is 17.9 Å². The Labute approximate surface area is 141 Å². The Bertz CT molecular complexity index is 572. The molecule has 0 radical (unpaired) electrons. The van der Waals surface area contributed by atoms with Gasteiger partial charge >= 0.3 is 11.9 Å². The van der Waals surface area contributed by atoms with E-state index in [2.05, 4.69) is 0 Å². The zero-order valence-electron chi connectivity index (χ0n) is 13.9. The molecule has 0 spiro atoms. The summed E-state index contributed by atoms with van der Waals surface area (Å²) >= 11 is 0. The van der Waals surface area contributed by atoms with E-state index in [9.17, 15) is 14.4 Å². The average Bonchev–Trinajstić information content (AvgIpc) is 2.67. The van der Waals surface area contributed by atoms with E-state index in [4.69, 9.17) is 9.57 Å². The normalized spacial score (nSPS) is 19.7. The van der Waals surface area contributed by atoms with Crippen LogP contribution in [0.4, 0.5) is 0 Å². The summed E-state index contributed by atoms with van der Waals surface area (Å²) in [6.07, 6.45) is 1.81. The molecule has 0 aliphatic carbocycles. The van der Waals surface area contributed by atoms with Crippen molar-refractivity contribution in [2.45, 2.75) is 32.6 Å². The third-order valence-electron chi connectivity index (χ3n) is 3.91. The van der Waals surface area contributed by atoms with E-state index in [1.807, 2.05) is 6.07 Å². The Morgan fingerprint density at radius 1 is 1.17 bits per heavy atom. The number of esters is 1. The molecule has 1 aromatic rings. The smallest absolute Gasteiger partial charge is 0.357 e. The molecule has 24 heavy (non-hydrogen) atoms. The molecule has 130 valence electrons. The van der Waals surface area contributed by atoms with Crippen LogP contribution in [-0.4, -0.2) is 42.5 Å². The van der Waals surface area contributed by atoms with Crippen molar-refractivity contribution in [3.63, 3.8) is 0 Å². The highest BCUT2D eigenvalue weighted by molar-refractivity contribution is 5.99. The molecule has 6 nitrogen and oxygen atoms in total. The first-order valence-corrected chi connectivity index (χ1v) is 8.33. The summed E-state index contributed by atoms with van der Waals surface area (Å²) in [5, 5.41) is 1.58. The topological polar surface area (TPSA) is 72.9 Å². The van der Waals surface area contributed by atoms with Crippen molar-refractivity contribution in [2.24, 2.45) is 5.92 Å². The number of hydroxylamine groups is 2. The number of hydrogen-bond acceptors (Lipinski definition) is 6. The minimum Gasteiger partial charge on any atom is -0.465 e. The lowest BCUT2D eigenvalue weighted by Crippen LogP contribution is -2.29. The molecular weight excluding hydrogens is 310 g/mol. The van der Waals surface area contributed by atoms with E-state index in [-0.39, 0.29) is 18.8 Å². The van der Waals surface area contributed by atoms with E-state index in [0.29, 0.717) is 37.9 Å². The monoisotopic (exact) mass is 333 g/mol. The molecule has 1 saturated heterocycles. The molecular formula is C18H23NO5. The molecule has 1 atom stereocenters. The first kappa shape index (κ1) is 18.1. The van der Waals surface area contributed by atoms with Crippen molar-refractivity contribution in [2.75, 3.05) is 19.7 Å². The Morgan fingerprint density at radius 3 is 2.58 bits per heavy atom. The molecule has 0 bridgehead atoms. The van der Waals surface area contributed by atoms with Crippen molar-refractivity contribution < 1.29 is 24.0 Å². The van der Waals surface area contributed by atoms with Gasteiger partial charge in [-0.05, 0) is 38.3 Å². The minimum absolute atomic E-state index is 0.0929. The fourth-order valence-electron chi connectivity index (χ4n) is 2.68. The molecule has 2 rings (SSSR count). The summed E-state index contributed by atoms with van der Waals surface area (Å²) in [5.74, 6) is -1.65. The number of hydrogen-bond donors (Lipinski definition) is 0. The van der Waals surface area contributed by atoms with Crippen LogP contribution < -0.4 is 0 Å². The van der Waals surface area contributed by atoms with Crippen molar-refractivity contribution in [1.82, 2.24) is 5.06 Å². The van der Waals surface area contributed by atoms with Gasteiger partial charge in [0.1, 0.15) is 11.7 Å². The van der Waals surface area contributed by atoms with Gasteiger partial charge < -0.3 is 9.57 Å². The van der Waals surface area contributed by atoms with Gasteiger partial charge in [0.15, 0.2) is 0 Å². The van der Waals surface area contributed by atoms with Gasteiger partial charge in [0.05, 0.1) is 12.2 Å². The van der Waals surface area contributed by atoms with Crippen LogP contribution in [0.2, 0.25) is 0 Å². The van der Waals surface area contributed by atoms with Gasteiger partial charge in [-0.2, -0.15) is 0 Å². The van der Waals surface area contributed by atoms with Crippen LogP contribution in [0.3, 0.4) is 0 Å². The largest absolute Gasteiger partial charge is 0.465 e. The standard InChI is InChI=1S/C18H23NO5/c1-2-23-18(22)15-10-6-12-19(13-7-11-16(15)20)24-17(21)14-8-4-3-5-9-14/h3-5,8-9,15H,2,6-7,10-13H2,1H3. The number of ether oxygens (including phenoxy) is 1. The van der Waals surface area contributed by atoms with Gasteiger partial charge in [0.2, 0.25) is 0 Å². The van der Waals surface area contributed by atoms with Crippen LogP contribution in [-0.2, 0) is 19.2 Å². The summed E-state index contributed by atoms with van der Waals surface area (Å²) in [7, 11) is 0. The highest BCUT2D eigenvalue weighted by Gasteiger charge is 2.29. The molecule has 0 saturated carbocycles. The number of Topliss-reactive ketones (excluding diaryl/α,β-unsaturated/α-hetero) is 1. The van der Waals surface area contributed by atoms with Crippen LogP contribution >= 0.6 is 0 Å². The number of benzene rings is 1. The number of ketones is 1. The van der Waals surface area contributed by atoms with Crippen molar-refractivity contribution in [3.05, 3.63) is 35.9 Å². The van der Waals surface area contributed by atoms with Crippen molar-refractivity contribution >= 4 is 17.7 Å². The van der Waals surface area contributed by atoms with Crippen LogP contribution in [0.25, 0.3) is 0 Å². The lowest BCUT2D eigenvalue weighted by molar-refractivity contribution is -0.152. The zero-order valence-corrected chi connectivity index (χ0v) is 13.9. The van der Waals surface area contributed by atoms with Crippen LogP contribution in [0.1, 0.15) is 43.0 Å². The second-order valence-electron chi connectivity index (χ2n) is 5.69. The first-order chi connectivity index (χ1) is 11.6. The fraction of sp³-hybridized carbons (Fsp3) is 0.500. The van der Waals surface area contributed by atoms with Gasteiger partial charge in [0, 0.05) is 19.5 Å². The van der Waals surface area contributed by atoms with Gasteiger partial charge in [-0.15, -0.1) is 5.06 Å². The number of rotatable bonds is 4. The Balaban J connectivity index is 1.93. The summed E-state index contributed by atoms with van der Waals surface area (Å²) < 4.78 is 4.98. The Hall–Kier alpha value is -2.21. The maximum absolute atomic E-state index is 12.2. The molecule has 1 unspecified atom stereocenters. The molecule has 1 aliphatic heterocycles. The van der Waals surface area contributed by atoms with E-state index in [1.165, 1.54) is 0 Å².